The van der Waals surface area contributed by atoms with Gasteiger partial charge >= 0.3 is 0 Å². The van der Waals surface area contributed by atoms with Gasteiger partial charge in [-0.05, 0) is 20.3 Å². The van der Waals surface area contributed by atoms with Crippen LogP contribution in [0.3, 0.4) is 0 Å². The fourth-order valence-electron chi connectivity index (χ4n) is 4.92. The summed E-state index contributed by atoms with van der Waals surface area (Å²) in [6.45, 7) is 4.93. The minimum absolute atomic E-state index is 0.0720. The topological polar surface area (TPSA) is 123 Å². The maximum Gasteiger partial charge on any atom is 0.264 e. The summed E-state index contributed by atoms with van der Waals surface area (Å²) in [6, 6.07) is 0. The molecule has 0 amide bonds. The standard InChI is InChI=1S/C30H62O8S/c1-6-7-8-9-10-11-12-13-14-15-16-17-18-19-20-21-22-27(36-4)25-28(31)30(3,33)29(32)26(2)37-23-24-38-39(5,34)35/h26-29,31-33H,6-25H2,1-5H3. The molecule has 0 rings (SSSR count). The highest BCUT2D eigenvalue weighted by molar-refractivity contribution is 7.85. The lowest BCUT2D eigenvalue weighted by atomic mass is 9.85. The number of aliphatic hydroxyl groups excluding tert-OH is 2. The molecule has 8 nitrogen and oxygen atoms in total. The van der Waals surface area contributed by atoms with Crippen LogP contribution in [0, 0.1) is 0 Å². The molecule has 236 valence electrons. The maximum absolute atomic E-state index is 11.0. The van der Waals surface area contributed by atoms with E-state index in [2.05, 4.69) is 11.1 Å². The smallest absolute Gasteiger partial charge is 0.264 e. The summed E-state index contributed by atoms with van der Waals surface area (Å²) in [5.74, 6) is 0. The molecule has 0 saturated carbocycles. The van der Waals surface area contributed by atoms with Gasteiger partial charge in [0.15, 0.2) is 0 Å². The van der Waals surface area contributed by atoms with Gasteiger partial charge in [-0.25, -0.2) is 0 Å². The third kappa shape index (κ3) is 21.1. The molecule has 0 aromatic heterocycles. The summed E-state index contributed by atoms with van der Waals surface area (Å²) in [4.78, 5) is 0. The number of rotatable bonds is 28. The number of hydrogen-bond donors (Lipinski definition) is 3. The van der Waals surface area contributed by atoms with Crippen LogP contribution < -0.4 is 0 Å². The first-order chi connectivity index (χ1) is 18.5. The predicted molar refractivity (Wildman–Crippen MR) is 158 cm³/mol. The zero-order valence-electron chi connectivity index (χ0n) is 25.7. The molecule has 0 aromatic rings. The van der Waals surface area contributed by atoms with Crippen LogP contribution in [-0.4, -0.2) is 80.3 Å². The molecule has 0 saturated heterocycles. The van der Waals surface area contributed by atoms with Crippen LogP contribution in [0.25, 0.3) is 0 Å². The van der Waals surface area contributed by atoms with Crippen molar-refractivity contribution < 1.29 is 37.4 Å². The van der Waals surface area contributed by atoms with Crippen molar-refractivity contribution in [1.29, 1.82) is 0 Å². The van der Waals surface area contributed by atoms with Gasteiger partial charge in [-0.2, -0.15) is 8.42 Å². The Morgan fingerprint density at radius 1 is 0.769 bits per heavy atom. The SMILES string of the molecule is CCCCCCCCCCCCCCCCCCC(CC(O)C(C)(O)C(O)C(C)OCCOS(C)(=O)=O)OC. The second kappa shape index (κ2) is 23.3. The highest BCUT2D eigenvalue weighted by Crippen LogP contribution is 2.25. The van der Waals surface area contributed by atoms with Crippen LogP contribution in [0.5, 0.6) is 0 Å². The first-order valence-corrected chi connectivity index (χ1v) is 17.3. The van der Waals surface area contributed by atoms with Gasteiger partial charge in [0.05, 0.1) is 37.8 Å². The average Bonchev–Trinajstić information content (AvgIpc) is 2.88. The number of methoxy groups -OCH3 is 1. The lowest BCUT2D eigenvalue weighted by Crippen LogP contribution is -2.55. The molecule has 0 spiro atoms. The molecule has 0 bridgehead atoms. The largest absolute Gasteiger partial charge is 0.390 e. The molecule has 0 aliphatic rings. The molecule has 0 radical (unpaired) electrons. The Labute approximate surface area is 240 Å². The molecule has 3 N–H and O–H groups in total. The van der Waals surface area contributed by atoms with Crippen LogP contribution in [0.1, 0.15) is 136 Å². The first-order valence-electron chi connectivity index (χ1n) is 15.5. The van der Waals surface area contributed by atoms with Crippen molar-refractivity contribution in [2.24, 2.45) is 0 Å². The van der Waals surface area contributed by atoms with Crippen molar-refractivity contribution in [3.63, 3.8) is 0 Å². The van der Waals surface area contributed by atoms with E-state index in [4.69, 9.17) is 9.47 Å². The third-order valence-electron chi connectivity index (χ3n) is 7.68. The molecule has 39 heavy (non-hydrogen) atoms. The minimum atomic E-state index is -3.57. The second-order valence-electron chi connectivity index (χ2n) is 11.5. The fourth-order valence-corrected chi connectivity index (χ4v) is 5.29. The Bertz CT molecular complexity index is 655. The second-order valence-corrected chi connectivity index (χ2v) is 13.1. The van der Waals surface area contributed by atoms with E-state index in [1.54, 1.807) is 14.0 Å². The molecule has 0 aromatic carbocycles. The van der Waals surface area contributed by atoms with E-state index in [-0.39, 0.29) is 25.7 Å². The van der Waals surface area contributed by atoms with E-state index in [0.29, 0.717) is 0 Å². The number of unbranched alkanes of at least 4 members (excludes halogenated alkanes) is 15. The molecule has 0 fully saturated rings. The Balaban J connectivity index is 3.96. The average molecular weight is 583 g/mol. The summed E-state index contributed by atoms with van der Waals surface area (Å²) in [5.41, 5.74) is -1.82. The highest BCUT2D eigenvalue weighted by atomic mass is 32.2. The Morgan fingerprint density at radius 2 is 1.21 bits per heavy atom. The molecule has 5 unspecified atom stereocenters. The molecule has 0 aliphatic heterocycles. The predicted octanol–water partition coefficient (Wildman–Crippen LogP) is 5.90. The summed E-state index contributed by atoms with van der Waals surface area (Å²) in [6.07, 6.45) is 19.3. The van der Waals surface area contributed by atoms with E-state index >= 15 is 0 Å². The molecule has 0 aliphatic carbocycles. The van der Waals surface area contributed by atoms with Crippen molar-refractivity contribution in [2.45, 2.75) is 166 Å². The van der Waals surface area contributed by atoms with E-state index in [1.807, 2.05) is 0 Å². The zero-order valence-corrected chi connectivity index (χ0v) is 26.6. The van der Waals surface area contributed by atoms with Gasteiger partial charge in [-0.3, -0.25) is 4.18 Å². The van der Waals surface area contributed by atoms with Crippen LogP contribution in [0.2, 0.25) is 0 Å². The molecule has 5 atom stereocenters. The summed E-state index contributed by atoms with van der Waals surface area (Å²) < 4.78 is 37.5. The lowest BCUT2D eigenvalue weighted by Gasteiger charge is -2.37. The first kappa shape index (κ1) is 38.7. The van der Waals surface area contributed by atoms with Crippen molar-refractivity contribution >= 4 is 10.1 Å². The van der Waals surface area contributed by atoms with Crippen LogP contribution in [0.15, 0.2) is 0 Å². The monoisotopic (exact) mass is 582 g/mol. The van der Waals surface area contributed by atoms with Crippen LogP contribution >= 0.6 is 0 Å². The minimum Gasteiger partial charge on any atom is -0.390 e. The van der Waals surface area contributed by atoms with Crippen LogP contribution in [-0.2, 0) is 23.8 Å². The van der Waals surface area contributed by atoms with Gasteiger partial charge < -0.3 is 24.8 Å². The van der Waals surface area contributed by atoms with Crippen molar-refractivity contribution in [2.75, 3.05) is 26.6 Å². The van der Waals surface area contributed by atoms with E-state index in [9.17, 15) is 23.7 Å². The van der Waals surface area contributed by atoms with Gasteiger partial charge in [0.1, 0.15) is 11.7 Å². The van der Waals surface area contributed by atoms with E-state index in [1.165, 1.54) is 96.8 Å². The fraction of sp³-hybridized carbons (Fsp3) is 1.00. The van der Waals surface area contributed by atoms with E-state index < -0.39 is 34.0 Å². The van der Waals surface area contributed by atoms with Gasteiger partial charge in [-0.15, -0.1) is 0 Å². The van der Waals surface area contributed by atoms with Crippen molar-refractivity contribution in [3.05, 3.63) is 0 Å². The van der Waals surface area contributed by atoms with Gasteiger partial charge in [-0.1, -0.05) is 110 Å². The van der Waals surface area contributed by atoms with Gasteiger partial charge in [0.2, 0.25) is 0 Å². The number of hydrogen-bond acceptors (Lipinski definition) is 8. The Hall–Kier alpha value is -0.290. The molecular formula is C30H62O8S. The van der Waals surface area contributed by atoms with Crippen LogP contribution in [0.4, 0.5) is 0 Å². The number of aliphatic hydroxyl groups is 3. The quantitative estimate of drug-likeness (QED) is 0.0770. The van der Waals surface area contributed by atoms with Gasteiger partial charge in [0.25, 0.3) is 10.1 Å². The highest BCUT2D eigenvalue weighted by Gasteiger charge is 2.42. The van der Waals surface area contributed by atoms with Crippen molar-refractivity contribution in [1.82, 2.24) is 0 Å². The Kier molecular flexibility index (Phi) is 23.1. The maximum atomic E-state index is 11.0. The molecular weight excluding hydrogens is 520 g/mol. The third-order valence-corrected chi connectivity index (χ3v) is 8.27. The normalized spacial score (nSPS) is 17.0. The zero-order chi connectivity index (χ0) is 29.6. The number of ether oxygens (including phenoxy) is 2. The van der Waals surface area contributed by atoms with Crippen molar-refractivity contribution in [3.8, 4) is 0 Å². The molecule has 9 heteroatoms. The summed E-state index contributed by atoms with van der Waals surface area (Å²) >= 11 is 0. The lowest BCUT2D eigenvalue weighted by molar-refractivity contribution is -0.181. The van der Waals surface area contributed by atoms with Gasteiger partial charge in [0, 0.05) is 13.5 Å². The Morgan fingerprint density at radius 3 is 1.62 bits per heavy atom. The molecule has 0 heterocycles. The summed E-state index contributed by atoms with van der Waals surface area (Å²) in [7, 11) is -1.97. The van der Waals surface area contributed by atoms with E-state index in [0.717, 1.165) is 25.5 Å². The summed E-state index contributed by atoms with van der Waals surface area (Å²) in [5, 5.41) is 32.0.